The molecular formula is C57H41N3O3. The average Bonchev–Trinajstić information content (AvgIpc) is 3.98. The van der Waals surface area contributed by atoms with Crippen LogP contribution in [0.25, 0.3) is 105 Å². The third-order valence-corrected chi connectivity index (χ3v) is 12.8. The molecule has 0 unspecified atom stereocenters. The predicted molar refractivity (Wildman–Crippen MR) is 259 cm³/mol. The van der Waals surface area contributed by atoms with Gasteiger partial charge in [-0.1, -0.05) is 72.8 Å². The second-order valence-corrected chi connectivity index (χ2v) is 16.2. The SMILES string of the molecule is COc1ccc(-n2c3ccccc3c3cc(-c4ccc5c(c4)c4cc(-c6ccc7c(c6)c6ccccc6n7-c6ccc(OC)cc6)ccc4n5-c4ccc(CO)cc4)ccc32)cc1. The van der Waals surface area contributed by atoms with Gasteiger partial charge in [0.05, 0.1) is 53.9 Å². The highest BCUT2D eigenvalue weighted by Gasteiger charge is 2.19. The largest absolute Gasteiger partial charge is 0.497 e. The van der Waals surface area contributed by atoms with Crippen LogP contribution >= 0.6 is 0 Å². The Morgan fingerprint density at radius 3 is 0.968 bits per heavy atom. The summed E-state index contributed by atoms with van der Waals surface area (Å²) in [4.78, 5) is 0. The van der Waals surface area contributed by atoms with Crippen LogP contribution in [0.15, 0.2) is 194 Å². The minimum Gasteiger partial charge on any atom is -0.497 e. The van der Waals surface area contributed by atoms with Crippen LogP contribution in [-0.2, 0) is 6.61 Å². The first kappa shape index (κ1) is 36.8. The second-order valence-electron chi connectivity index (χ2n) is 16.2. The number of rotatable bonds is 8. The number of aromatic nitrogens is 3. The number of aliphatic hydroxyl groups excluding tert-OH is 1. The molecule has 0 fully saturated rings. The molecule has 9 aromatic carbocycles. The summed E-state index contributed by atoms with van der Waals surface area (Å²) >= 11 is 0. The Balaban J connectivity index is 1.03. The van der Waals surface area contributed by atoms with E-state index in [-0.39, 0.29) is 6.61 Å². The molecule has 0 aliphatic rings. The third kappa shape index (κ3) is 5.83. The first-order valence-corrected chi connectivity index (χ1v) is 21.2. The van der Waals surface area contributed by atoms with E-state index in [4.69, 9.17) is 9.47 Å². The molecule has 0 saturated heterocycles. The van der Waals surface area contributed by atoms with E-state index in [1.54, 1.807) is 14.2 Å². The summed E-state index contributed by atoms with van der Waals surface area (Å²) in [6, 6.07) is 69.5. The average molecular weight is 816 g/mol. The van der Waals surface area contributed by atoms with Crippen molar-refractivity contribution in [3.05, 3.63) is 200 Å². The maximum Gasteiger partial charge on any atom is 0.119 e. The highest BCUT2D eigenvalue weighted by molar-refractivity contribution is 6.14. The van der Waals surface area contributed by atoms with Crippen LogP contribution in [0.1, 0.15) is 5.56 Å². The summed E-state index contributed by atoms with van der Waals surface area (Å²) in [6.07, 6.45) is 0. The summed E-state index contributed by atoms with van der Waals surface area (Å²) in [5, 5.41) is 17.0. The van der Waals surface area contributed by atoms with Crippen molar-refractivity contribution in [1.82, 2.24) is 13.7 Å². The quantitative estimate of drug-likeness (QED) is 0.166. The number of nitrogens with zero attached hydrogens (tertiary/aromatic N) is 3. The van der Waals surface area contributed by atoms with Gasteiger partial charge in [0.2, 0.25) is 0 Å². The third-order valence-electron chi connectivity index (χ3n) is 12.8. The van der Waals surface area contributed by atoms with Crippen molar-refractivity contribution < 1.29 is 14.6 Å². The van der Waals surface area contributed by atoms with Crippen LogP contribution in [0.2, 0.25) is 0 Å². The monoisotopic (exact) mass is 815 g/mol. The Hall–Kier alpha value is -8.06. The van der Waals surface area contributed by atoms with Crippen LogP contribution in [0.4, 0.5) is 0 Å². The lowest BCUT2D eigenvalue weighted by atomic mass is 9.98. The molecule has 3 aromatic heterocycles. The van der Waals surface area contributed by atoms with E-state index < -0.39 is 0 Å². The predicted octanol–water partition coefficient (Wildman–Crippen LogP) is 13.8. The Morgan fingerprint density at radius 1 is 0.333 bits per heavy atom. The minimum absolute atomic E-state index is 0.00634. The molecule has 6 heteroatoms. The van der Waals surface area contributed by atoms with E-state index in [0.29, 0.717) is 0 Å². The van der Waals surface area contributed by atoms with Crippen molar-refractivity contribution in [2.75, 3.05) is 14.2 Å². The fourth-order valence-corrected chi connectivity index (χ4v) is 9.73. The number of methoxy groups -OCH3 is 2. The normalized spacial score (nSPS) is 11.8. The van der Waals surface area contributed by atoms with E-state index >= 15 is 0 Å². The topological polar surface area (TPSA) is 53.5 Å². The maximum absolute atomic E-state index is 9.87. The molecule has 6 nitrogen and oxygen atoms in total. The zero-order chi connectivity index (χ0) is 42.2. The van der Waals surface area contributed by atoms with E-state index in [0.717, 1.165) is 89.5 Å². The Labute approximate surface area is 363 Å². The van der Waals surface area contributed by atoms with E-state index in [2.05, 4.69) is 171 Å². The minimum atomic E-state index is 0.00634. The van der Waals surface area contributed by atoms with Crippen molar-refractivity contribution in [2.45, 2.75) is 6.61 Å². The van der Waals surface area contributed by atoms with Gasteiger partial charge < -0.3 is 28.3 Å². The number of hydrogen-bond donors (Lipinski definition) is 1. The lowest BCUT2D eigenvalue weighted by Crippen LogP contribution is -1.95. The highest BCUT2D eigenvalue weighted by Crippen LogP contribution is 2.41. The second kappa shape index (κ2) is 14.5. The van der Waals surface area contributed by atoms with Crippen molar-refractivity contribution in [3.8, 4) is 50.8 Å². The molecule has 1 N–H and O–H groups in total. The van der Waals surface area contributed by atoms with Gasteiger partial charge in [0.1, 0.15) is 11.5 Å². The van der Waals surface area contributed by atoms with Gasteiger partial charge in [-0.25, -0.2) is 0 Å². The van der Waals surface area contributed by atoms with E-state index in [1.165, 1.54) is 32.3 Å². The van der Waals surface area contributed by atoms with Gasteiger partial charge in [-0.15, -0.1) is 0 Å². The molecule has 302 valence electrons. The van der Waals surface area contributed by atoms with Crippen LogP contribution in [0, 0.1) is 0 Å². The highest BCUT2D eigenvalue weighted by atomic mass is 16.5. The molecule has 63 heavy (non-hydrogen) atoms. The summed E-state index contributed by atoms with van der Waals surface area (Å²) in [5.41, 5.74) is 15.6. The summed E-state index contributed by atoms with van der Waals surface area (Å²) in [6.45, 7) is 0.00634. The Morgan fingerprint density at radius 2 is 0.635 bits per heavy atom. The van der Waals surface area contributed by atoms with Crippen molar-refractivity contribution in [2.24, 2.45) is 0 Å². The van der Waals surface area contributed by atoms with Gasteiger partial charge in [-0.05, 0) is 149 Å². The van der Waals surface area contributed by atoms with Crippen LogP contribution < -0.4 is 9.47 Å². The van der Waals surface area contributed by atoms with Crippen LogP contribution in [0.5, 0.6) is 11.5 Å². The molecule has 0 spiro atoms. The molecule has 0 saturated carbocycles. The molecule has 0 amide bonds. The summed E-state index contributed by atoms with van der Waals surface area (Å²) in [7, 11) is 3.40. The molecule has 0 atom stereocenters. The van der Waals surface area contributed by atoms with E-state index in [1.807, 2.05) is 36.4 Å². The standard InChI is InChI=1S/C57H41N3O3/c1-62-44-23-19-42(20-24-44)58-52-9-5-3-7-46(52)48-31-37(13-27-54(48)58)39-15-29-56-50(33-39)51-34-40(16-30-57(51)60(56)41-17-11-36(35-61)12-18-41)38-14-28-55-49(32-38)47-8-4-6-10-53(47)59(55)43-21-25-45(63-2)26-22-43/h3-34,61H,35H2,1-2H3. The first-order valence-electron chi connectivity index (χ1n) is 21.2. The lowest BCUT2D eigenvalue weighted by Gasteiger charge is -2.10. The molecule has 3 heterocycles. The molecule has 0 aliphatic heterocycles. The number of hydrogen-bond acceptors (Lipinski definition) is 3. The Bertz CT molecular complexity index is 3500. The number of aliphatic hydroxyl groups is 1. The maximum atomic E-state index is 9.87. The Kier molecular flexibility index (Phi) is 8.49. The molecule has 12 aromatic rings. The van der Waals surface area contributed by atoms with Crippen LogP contribution in [0.3, 0.4) is 0 Å². The number of fused-ring (bicyclic) bond motifs is 9. The molecule has 0 bridgehead atoms. The number of para-hydroxylation sites is 2. The smallest absolute Gasteiger partial charge is 0.119 e. The zero-order valence-corrected chi connectivity index (χ0v) is 34.8. The van der Waals surface area contributed by atoms with Crippen LogP contribution in [-0.4, -0.2) is 33.0 Å². The van der Waals surface area contributed by atoms with Gasteiger partial charge >= 0.3 is 0 Å². The molecule has 12 rings (SSSR count). The van der Waals surface area contributed by atoms with Gasteiger partial charge in [-0.3, -0.25) is 0 Å². The summed E-state index contributed by atoms with van der Waals surface area (Å²) in [5.74, 6) is 1.67. The molecule has 0 radical (unpaired) electrons. The van der Waals surface area contributed by atoms with E-state index in [9.17, 15) is 5.11 Å². The lowest BCUT2D eigenvalue weighted by molar-refractivity contribution is 0.282. The molecule has 0 aliphatic carbocycles. The number of ether oxygens (including phenoxy) is 2. The van der Waals surface area contributed by atoms with Gasteiger partial charge in [0.15, 0.2) is 0 Å². The van der Waals surface area contributed by atoms with Crippen molar-refractivity contribution in [1.29, 1.82) is 0 Å². The zero-order valence-electron chi connectivity index (χ0n) is 34.8. The summed E-state index contributed by atoms with van der Waals surface area (Å²) < 4.78 is 18.0. The molecular weight excluding hydrogens is 775 g/mol. The van der Waals surface area contributed by atoms with Crippen molar-refractivity contribution >= 4 is 65.4 Å². The fourth-order valence-electron chi connectivity index (χ4n) is 9.73. The fraction of sp³-hybridized carbons (Fsp3) is 0.0526. The number of benzene rings is 9. The first-order chi connectivity index (χ1) is 31.1. The van der Waals surface area contributed by atoms with Gasteiger partial charge in [0.25, 0.3) is 0 Å². The van der Waals surface area contributed by atoms with Gasteiger partial charge in [0, 0.05) is 49.4 Å². The van der Waals surface area contributed by atoms with Gasteiger partial charge in [-0.2, -0.15) is 0 Å². The van der Waals surface area contributed by atoms with Crippen molar-refractivity contribution in [3.63, 3.8) is 0 Å².